The lowest BCUT2D eigenvalue weighted by Crippen LogP contribution is -2.35. The zero-order valence-electron chi connectivity index (χ0n) is 17.7. The number of likely N-dealkylation sites (tertiary alicyclic amines) is 1. The number of hydrogen-bond acceptors (Lipinski definition) is 5. The second kappa shape index (κ2) is 9.50. The Morgan fingerprint density at radius 2 is 1.65 bits per heavy atom. The van der Waals surface area contributed by atoms with E-state index in [1.807, 2.05) is 0 Å². The molecule has 2 N–H and O–H groups in total. The van der Waals surface area contributed by atoms with Crippen LogP contribution in [0.3, 0.4) is 0 Å². The smallest absolute Gasteiger partial charge is 0.252 e. The normalized spacial score (nSPS) is 18.8. The minimum Gasteiger partial charge on any atom is -0.351 e. The van der Waals surface area contributed by atoms with E-state index in [1.165, 1.54) is 48.2 Å². The van der Waals surface area contributed by atoms with Crippen molar-refractivity contribution in [1.82, 2.24) is 19.5 Å². The molecule has 2 aliphatic rings. The first-order chi connectivity index (χ1) is 14.9. The number of aromatic nitrogens is 1. The Labute approximate surface area is 182 Å². The number of benzene rings is 1. The van der Waals surface area contributed by atoms with E-state index >= 15 is 0 Å². The largest absolute Gasteiger partial charge is 0.351 e. The van der Waals surface area contributed by atoms with E-state index in [4.69, 9.17) is 0 Å². The molecule has 0 unspecified atom stereocenters. The van der Waals surface area contributed by atoms with Gasteiger partial charge in [-0.3, -0.25) is 9.59 Å². The zero-order chi connectivity index (χ0) is 21.8. The molecule has 3 heterocycles. The summed E-state index contributed by atoms with van der Waals surface area (Å²) in [5.74, 6) is -0.360. The van der Waals surface area contributed by atoms with Crippen molar-refractivity contribution >= 4 is 26.8 Å². The molecule has 9 heteroatoms. The number of fused-ring (bicyclic) bond motifs is 1. The van der Waals surface area contributed by atoms with E-state index < -0.39 is 10.0 Å². The fraction of sp³-hybridized carbons (Fsp3) is 0.545. The number of nitrogens with zero attached hydrogens (tertiary/aromatic N) is 2. The number of nitrogens with one attached hydrogen (secondary N) is 2. The van der Waals surface area contributed by atoms with Crippen LogP contribution in [0, 0.1) is 0 Å². The zero-order valence-corrected chi connectivity index (χ0v) is 18.5. The minimum atomic E-state index is -3.61. The van der Waals surface area contributed by atoms with Crippen LogP contribution in [-0.4, -0.2) is 67.8 Å². The molecule has 0 aliphatic carbocycles. The Bertz CT molecular complexity index is 1100. The number of amides is 1. The van der Waals surface area contributed by atoms with Crippen molar-refractivity contribution in [2.24, 2.45) is 0 Å². The third-order valence-electron chi connectivity index (χ3n) is 6.17. The second-order valence-electron chi connectivity index (χ2n) is 8.38. The molecular weight excluding hydrogens is 416 g/mol. The highest BCUT2D eigenvalue weighted by atomic mass is 32.2. The molecule has 0 radical (unpaired) electrons. The molecule has 2 saturated heterocycles. The first-order valence-corrected chi connectivity index (χ1v) is 12.6. The molecule has 2 aliphatic heterocycles. The second-order valence-corrected chi connectivity index (χ2v) is 10.3. The number of rotatable bonds is 6. The Hall–Kier alpha value is -2.23. The molecule has 168 valence electrons. The van der Waals surface area contributed by atoms with Crippen LogP contribution in [0.4, 0.5) is 0 Å². The van der Waals surface area contributed by atoms with E-state index in [0.29, 0.717) is 30.5 Å². The first kappa shape index (κ1) is 22.0. The lowest BCUT2D eigenvalue weighted by atomic mass is 10.1. The van der Waals surface area contributed by atoms with Crippen LogP contribution < -0.4 is 10.9 Å². The third kappa shape index (κ3) is 4.99. The highest BCUT2D eigenvalue weighted by Gasteiger charge is 2.27. The topological polar surface area (TPSA) is 103 Å². The molecule has 0 saturated carbocycles. The number of carbonyl (C=O) groups is 1. The van der Waals surface area contributed by atoms with Gasteiger partial charge in [0, 0.05) is 43.1 Å². The molecule has 4 rings (SSSR count). The quantitative estimate of drug-likeness (QED) is 0.706. The van der Waals surface area contributed by atoms with Gasteiger partial charge < -0.3 is 15.2 Å². The van der Waals surface area contributed by atoms with E-state index in [0.717, 1.165) is 32.5 Å². The van der Waals surface area contributed by atoms with Crippen LogP contribution in [0.1, 0.15) is 48.9 Å². The number of H-pyrrole nitrogens is 1. The van der Waals surface area contributed by atoms with E-state index in [1.54, 1.807) is 6.07 Å². The summed E-state index contributed by atoms with van der Waals surface area (Å²) in [6, 6.07) is 5.80. The molecule has 0 spiro atoms. The van der Waals surface area contributed by atoms with Gasteiger partial charge in [-0.25, -0.2) is 8.42 Å². The number of aromatic amines is 1. The Balaban J connectivity index is 1.55. The summed E-state index contributed by atoms with van der Waals surface area (Å²) in [4.78, 5) is 30.2. The summed E-state index contributed by atoms with van der Waals surface area (Å²) in [6.07, 6.45) is 6.58. The molecule has 8 nitrogen and oxygen atoms in total. The Morgan fingerprint density at radius 1 is 0.968 bits per heavy atom. The van der Waals surface area contributed by atoms with E-state index in [-0.39, 0.29) is 21.9 Å². The van der Waals surface area contributed by atoms with Crippen LogP contribution >= 0.6 is 0 Å². The predicted molar refractivity (Wildman–Crippen MR) is 120 cm³/mol. The Morgan fingerprint density at radius 3 is 2.35 bits per heavy atom. The van der Waals surface area contributed by atoms with Gasteiger partial charge in [0.25, 0.3) is 5.91 Å². The first-order valence-electron chi connectivity index (χ1n) is 11.1. The fourth-order valence-electron chi connectivity index (χ4n) is 4.44. The molecule has 1 amide bonds. The molecule has 1 aromatic carbocycles. The number of carbonyl (C=O) groups excluding carboxylic acids is 1. The highest BCUT2D eigenvalue weighted by Crippen LogP contribution is 2.25. The lowest BCUT2D eigenvalue weighted by molar-refractivity contribution is 0.0950. The Kier molecular flexibility index (Phi) is 6.74. The van der Waals surface area contributed by atoms with E-state index in [2.05, 4.69) is 15.2 Å². The highest BCUT2D eigenvalue weighted by molar-refractivity contribution is 7.89. The third-order valence-corrected chi connectivity index (χ3v) is 8.07. The van der Waals surface area contributed by atoms with Gasteiger partial charge in [0.05, 0.1) is 10.5 Å². The van der Waals surface area contributed by atoms with Gasteiger partial charge in [-0.05, 0) is 57.0 Å². The predicted octanol–water partition coefficient (Wildman–Crippen LogP) is 1.92. The van der Waals surface area contributed by atoms with Crippen molar-refractivity contribution in [3.8, 4) is 0 Å². The maximum absolute atomic E-state index is 12.9. The minimum absolute atomic E-state index is 0.146. The lowest BCUT2D eigenvalue weighted by Gasteiger charge is -2.20. The van der Waals surface area contributed by atoms with Gasteiger partial charge in [-0.15, -0.1) is 0 Å². The summed E-state index contributed by atoms with van der Waals surface area (Å²) in [5.41, 5.74) is 0.263. The molecule has 1 aromatic heterocycles. The van der Waals surface area contributed by atoms with Crippen molar-refractivity contribution in [3.05, 3.63) is 40.2 Å². The van der Waals surface area contributed by atoms with Gasteiger partial charge in [0.15, 0.2) is 0 Å². The average Bonchev–Trinajstić information content (AvgIpc) is 3.19. The molecular formula is C22H30N4O4S. The monoisotopic (exact) mass is 446 g/mol. The maximum atomic E-state index is 12.9. The van der Waals surface area contributed by atoms with Gasteiger partial charge in [-0.1, -0.05) is 12.8 Å². The van der Waals surface area contributed by atoms with Crippen LogP contribution in [0.5, 0.6) is 0 Å². The standard InChI is InChI=1S/C22H30N4O4S/c27-21-16-19(22(28)23-9-14-25-10-3-1-2-4-11-25)18-15-17(7-8-20(18)24-21)31(29,30)26-12-5-6-13-26/h7-8,15-16H,1-6,9-14H2,(H,23,28)(H,24,27). The van der Waals surface area contributed by atoms with Crippen LogP contribution in [-0.2, 0) is 10.0 Å². The fourth-order valence-corrected chi connectivity index (χ4v) is 5.99. The van der Waals surface area contributed by atoms with Gasteiger partial charge in [0.1, 0.15) is 0 Å². The van der Waals surface area contributed by atoms with Crippen molar-refractivity contribution in [2.75, 3.05) is 39.3 Å². The summed E-state index contributed by atoms with van der Waals surface area (Å²) < 4.78 is 27.4. The summed E-state index contributed by atoms with van der Waals surface area (Å²) in [6.45, 7) is 4.36. The van der Waals surface area contributed by atoms with Crippen LogP contribution in [0.25, 0.3) is 10.9 Å². The molecule has 2 fully saturated rings. The molecule has 0 bridgehead atoms. The number of pyridine rings is 1. The van der Waals surface area contributed by atoms with E-state index in [9.17, 15) is 18.0 Å². The average molecular weight is 447 g/mol. The van der Waals surface area contributed by atoms with Gasteiger partial charge >= 0.3 is 0 Å². The number of sulfonamides is 1. The van der Waals surface area contributed by atoms with Gasteiger partial charge in [-0.2, -0.15) is 4.31 Å². The molecule has 2 aromatic rings. The molecule has 0 atom stereocenters. The van der Waals surface area contributed by atoms with Crippen molar-refractivity contribution in [2.45, 2.75) is 43.4 Å². The van der Waals surface area contributed by atoms with Gasteiger partial charge in [0.2, 0.25) is 15.6 Å². The SMILES string of the molecule is O=C(NCCN1CCCCCC1)c1cc(=O)[nH]c2ccc(S(=O)(=O)N3CCCC3)cc12. The summed E-state index contributed by atoms with van der Waals surface area (Å²) in [7, 11) is -3.61. The van der Waals surface area contributed by atoms with Crippen molar-refractivity contribution in [3.63, 3.8) is 0 Å². The number of hydrogen-bond donors (Lipinski definition) is 2. The van der Waals surface area contributed by atoms with Crippen LogP contribution in [0.15, 0.2) is 34.0 Å². The van der Waals surface area contributed by atoms with Crippen molar-refractivity contribution in [1.29, 1.82) is 0 Å². The summed E-state index contributed by atoms with van der Waals surface area (Å²) in [5, 5.41) is 3.34. The van der Waals surface area contributed by atoms with Crippen LogP contribution in [0.2, 0.25) is 0 Å². The maximum Gasteiger partial charge on any atom is 0.252 e. The van der Waals surface area contributed by atoms with Crippen molar-refractivity contribution < 1.29 is 13.2 Å². The summed E-state index contributed by atoms with van der Waals surface area (Å²) >= 11 is 0. The molecule has 31 heavy (non-hydrogen) atoms.